The number of carboxylic acid groups (broad SMARTS) is 1. The molecule has 0 aliphatic carbocycles. The van der Waals surface area contributed by atoms with Crippen molar-refractivity contribution in [1.29, 1.82) is 0 Å². The number of aliphatic carboxylic acids is 1. The van der Waals surface area contributed by atoms with Crippen LogP contribution in [0.15, 0.2) is 21.8 Å². The van der Waals surface area contributed by atoms with Crippen LogP contribution in [-0.2, 0) is 14.4 Å². The first-order valence-corrected chi connectivity index (χ1v) is 8.88. The van der Waals surface area contributed by atoms with Gasteiger partial charge in [0, 0.05) is 11.1 Å². The number of amides is 2. The molecule has 0 spiro atoms. The molecule has 0 aromatic carbocycles. The number of anilines is 1. The average molecular weight is 422 g/mol. The minimum Gasteiger partial charge on any atom is -0.543 e. The van der Waals surface area contributed by atoms with Crippen LogP contribution in [0.3, 0.4) is 0 Å². The molecule has 3 rings (SSSR count). The van der Waals surface area contributed by atoms with Crippen LogP contribution < -0.4 is 67.5 Å². The first kappa shape index (κ1) is 21.3. The Kier molecular flexibility index (Phi) is 6.87. The third-order valence-corrected chi connectivity index (χ3v) is 5.82. The van der Waals surface area contributed by atoms with Gasteiger partial charge in [-0.2, -0.15) is 0 Å². The molecule has 1 fully saturated rings. The number of oxime groups is 1. The van der Waals surface area contributed by atoms with Crippen LogP contribution >= 0.6 is 23.1 Å². The molecule has 0 saturated carbocycles. The Morgan fingerprint density at radius 1 is 1.54 bits per heavy atom. The fourth-order valence-electron chi connectivity index (χ4n) is 2.58. The average Bonchev–Trinajstić information content (AvgIpc) is 2.98. The topological polar surface area (TPSA) is 161 Å². The van der Waals surface area contributed by atoms with Gasteiger partial charge in [-0.25, -0.2) is 4.98 Å². The summed E-state index contributed by atoms with van der Waals surface area (Å²) >= 11 is 2.38. The van der Waals surface area contributed by atoms with Crippen molar-refractivity contribution >= 4 is 51.7 Å². The molecule has 1 aromatic heterocycles. The van der Waals surface area contributed by atoms with Gasteiger partial charge in [0.2, 0.25) is 0 Å². The van der Waals surface area contributed by atoms with E-state index in [-0.39, 0.29) is 73.6 Å². The minimum absolute atomic E-state index is 0. The number of nitrogens with one attached hydrogen (secondary N) is 1. The van der Waals surface area contributed by atoms with Crippen LogP contribution in [0, 0.1) is 0 Å². The Bertz CT molecular complexity index is 839. The van der Waals surface area contributed by atoms with Gasteiger partial charge in [0.05, 0.1) is 11.7 Å². The summed E-state index contributed by atoms with van der Waals surface area (Å²) in [6, 6.07) is -0.937. The number of rotatable bonds is 4. The number of carbonyl (C=O) groups excluding carboxylic acids is 3. The Morgan fingerprint density at radius 3 is 2.77 bits per heavy atom. The monoisotopic (exact) mass is 421 g/mol. The van der Waals surface area contributed by atoms with E-state index in [4.69, 9.17) is 10.9 Å². The maximum absolute atomic E-state index is 12.3. The first-order chi connectivity index (χ1) is 11.8. The van der Waals surface area contributed by atoms with Gasteiger partial charge in [0.25, 0.3) is 11.8 Å². The maximum atomic E-state index is 12.3. The SMILES string of the molecule is CC1=C(C(=O)[O-])N2C(=O)C(NC(=O)/C(=N\O)c3csc(N)n3)C2SC1.[K+]. The summed E-state index contributed by atoms with van der Waals surface area (Å²) in [4.78, 5) is 40.8. The van der Waals surface area contributed by atoms with Crippen LogP contribution in [0.4, 0.5) is 5.13 Å². The van der Waals surface area contributed by atoms with E-state index in [1.807, 2.05) is 0 Å². The number of thiazole rings is 1. The van der Waals surface area contributed by atoms with Crippen LogP contribution in [0.25, 0.3) is 0 Å². The van der Waals surface area contributed by atoms with Gasteiger partial charge in [0.15, 0.2) is 10.8 Å². The summed E-state index contributed by atoms with van der Waals surface area (Å²) in [7, 11) is 0. The van der Waals surface area contributed by atoms with Crippen LogP contribution in [-0.4, -0.2) is 55.8 Å². The fraction of sp³-hybridized carbons (Fsp3) is 0.308. The number of hydrogen-bond acceptors (Lipinski definition) is 10. The van der Waals surface area contributed by atoms with Crippen LogP contribution in [0.1, 0.15) is 12.6 Å². The molecule has 1 aromatic rings. The Balaban J connectivity index is 0.00000243. The van der Waals surface area contributed by atoms with Crippen LogP contribution in [0.5, 0.6) is 0 Å². The number of nitrogens with zero attached hydrogens (tertiary/aromatic N) is 3. The van der Waals surface area contributed by atoms with E-state index in [2.05, 4.69) is 15.5 Å². The summed E-state index contributed by atoms with van der Waals surface area (Å²) in [5, 5.41) is 26.7. The molecular formula is C13H12KN5O5S2. The Hall–Kier alpha value is -0.964. The van der Waals surface area contributed by atoms with Crippen molar-refractivity contribution in [3.63, 3.8) is 0 Å². The normalized spacial score (nSPS) is 22.3. The minimum atomic E-state index is -1.43. The zero-order valence-electron chi connectivity index (χ0n) is 13.8. The van der Waals surface area contributed by atoms with Crippen molar-refractivity contribution in [3.8, 4) is 0 Å². The molecule has 2 unspecified atom stereocenters. The molecule has 2 amide bonds. The van der Waals surface area contributed by atoms with Crippen molar-refractivity contribution in [3.05, 3.63) is 22.3 Å². The van der Waals surface area contributed by atoms with E-state index in [1.54, 1.807) is 6.92 Å². The van der Waals surface area contributed by atoms with E-state index in [1.165, 1.54) is 17.1 Å². The summed E-state index contributed by atoms with van der Waals surface area (Å²) < 4.78 is 0. The quantitative estimate of drug-likeness (QED) is 0.144. The van der Waals surface area contributed by atoms with E-state index >= 15 is 0 Å². The van der Waals surface area contributed by atoms with Gasteiger partial charge in [-0.15, -0.1) is 23.1 Å². The van der Waals surface area contributed by atoms with Gasteiger partial charge in [-0.3, -0.25) is 14.5 Å². The molecule has 26 heavy (non-hydrogen) atoms. The second-order valence-corrected chi connectivity index (χ2v) is 7.29. The molecule has 1 saturated heterocycles. The van der Waals surface area contributed by atoms with Crippen molar-refractivity contribution < 1.29 is 76.1 Å². The zero-order valence-corrected chi connectivity index (χ0v) is 18.5. The number of fused-ring (bicyclic) bond motifs is 1. The molecule has 0 radical (unpaired) electrons. The number of hydrogen-bond donors (Lipinski definition) is 3. The van der Waals surface area contributed by atoms with Gasteiger partial charge in [0.1, 0.15) is 17.1 Å². The third-order valence-electron chi connectivity index (χ3n) is 3.72. The van der Waals surface area contributed by atoms with E-state index in [9.17, 15) is 19.5 Å². The van der Waals surface area contributed by atoms with Gasteiger partial charge in [-0.05, 0) is 12.5 Å². The molecule has 2 aliphatic heterocycles. The van der Waals surface area contributed by atoms with Crippen molar-refractivity contribution in [2.24, 2.45) is 5.16 Å². The van der Waals surface area contributed by atoms with Gasteiger partial charge in [-0.1, -0.05) is 5.16 Å². The third kappa shape index (κ3) is 3.69. The summed E-state index contributed by atoms with van der Waals surface area (Å²) in [6.07, 6.45) is 0. The molecule has 2 aliphatic rings. The zero-order chi connectivity index (χ0) is 18.3. The summed E-state index contributed by atoms with van der Waals surface area (Å²) in [5.74, 6) is -2.42. The summed E-state index contributed by atoms with van der Waals surface area (Å²) in [6.45, 7) is 1.61. The number of carboxylic acids is 1. The standard InChI is InChI=1S/C13H13N5O5S2.K/c1-4-2-24-11-7(10(20)18(11)8(4)12(21)22)16-9(19)6(17-23)5-3-25-13(14)15-5;/h3,7,11,23H,2H2,1H3,(H2,14,15)(H,16,19)(H,21,22);/q;+1/p-1/b17-6-;. The molecule has 4 N–H and O–H groups in total. The number of β-lactam (4-membered cyclic amide) rings is 1. The predicted molar refractivity (Wildman–Crippen MR) is 87.6 cm³/mol. The van der Waals surface area contributed by atoms with E-state index < -0.39 is 29.2 Å². The van der Waals surface area contributed by atoms with Crippen molar-refractivity contribution in [2.75, 3.05) is 11.5 Å². The maximum Gasteiger partial charge on any atom is 1.00 e. The Morgan fingerprint density at radius 2 is 2.23 bits per heavy atom. The van der Waals surface area contributed by atoms with Crippen molar-refractivity contribution in [1.82, 2.24) is 15.2 Å². The molecule has 3 heterocycles. The van der Waals surface area contributed by atoms with Gasteiger partial charge < -0.3 is 26.2 Å². The number of thioether (sulfide) groups is 1. The molecule has 0 bridgehead atoms. The van der Waals surface area contributed by atoms with Crippen molar-refractivity contribution in [2.45, 2.75) is 18.3 Å². The molecule has 13 heteroatoms. The second-order valence-electron chi connectivity index (χ2n) is 5.30. The number of nitrogens with two attached hydrogens (primary N) is 1. The first-order valence-electron chi connectivity index (χ1n) is 6.95. The summed E-state index contributed by atoms with van der Waals surface area (Å²) in [5.41, 5.74) is 5.54. The molecular weight excluding hydrogens is 409 g/mol. The molecule has 2 atom stereocenters. The largest absolute Gasteiger partial charge is 1.00 e. The molecule has 132 valence electrons. The van der Waals surface area contributed by atoms with E-state index in [0.717, 1.165) is 16.2 Å². The predicted octanol–water partition coefficient (Wildman–Crippen LogP) is -4.67. The van der Waals surface area contributed by atoms with Gasteiger partial charge >= 0.3 is 51.4 Å². The number of aromatic nitrogens is 1. The van der Waals surface area contributed by atoms with E-state index in [0.29, 0.717) is 11.3 Å². The van der Waals surface area contributed by atoms with Crippen LogP contribution in [0.2, 0.25) is 0 Å². The smallest absolute Gasteiger partial charge is 0.543 e. The number of nitrogen functional groups attached to an aromatic ring is 1. The molecule has 10 nitrogen and oxygen atoms in total. The fourth-order valence-corrected chi connectivity index (χ4v) is 4.42. The Labute approximate surface area is 198 Å². The number of carbonyl (C=O) groups is 3. The second kappa shape index (κ2) is 8.37.